The van der Waals surface area contributed by atoms with Crippen molar-refractivity contribution in [2.75, 3.05) is 0 Å². The van der Waals surface area contributed by atoms with E-state index in [1.54, 1.807) is 5.43 Å². The van der Waals surface area contributed by atoms with E-state index in [9.17, 15) is 17.7 Å². The molecule has 10 heavy (non-hydrogen) atoms. The first kappa shape index (κ1) is 7.10. The van der Waals surface area contributed by atoms with Crippen LogP contribution < -0.4 is 5.43 Å². The van der Waals surface area contributed by atoms with Gasteiger partial charge in [0.1, 0.15) is 6.34 Å². The Labute approximate surface area is 53.2 Å². The highest BCUT2D eigenvalue weighted by molar-refractivity contribution is 5.55. The Morgan fingerprint density at radius 3 is 2.30 bits per heavy atom. The zero-order valence-corrected chi connectivity index (χ0v) is 4.56. The Kier molecular flexibility index (Phi) is 1.42. The van der Waals surface area contributed by atoms with Crippen molar-refractivity contribution in [3.8, 4) is 0 Å². The van der Waals surface area contributed by atoms with Crippen molar-refractivity contribution in [2.45, 2.75) is 12.3 Å². The average molecular weight is 157 g/mol. The van der Waals surface area contributed by atoms with E-state index in [0.29, 0.717) is 6.34 Å². The summed E-state index contributed by atoms with van der Waals surface area (Å²) >= 11 is 0. The SMILES string of the molecule is FN1C=NNC1C(F)(F)F. The summed E-state index contributed by atoms with van der Waals surface area (Å²) in [7, 11) is 0. The fourth-order valence-corrected chi connectivity index (χ4v) is 0.494. The normalized spacial score (nSPS) is 25.2. The highest BCUT2D eigenvalue weighted by Crippen LogP contribution is 2.24. The van der Waals surface area contributed by atoms with E-state index in [2.05, 4.69) is 5.10 Å². The highest BCUT2D eigenvalue weighted by atomic mass is 19.4. The lowest BCUT2D eigenvalue weighted by Crippen LogP contribution is -2.44. The van der Waals surface area contributed by atoms with Gasteiger partial charge >= 0.3 is 6.18 Å². The highest BCUT2D eigenvalue weighted by Gasteiger charge is 2.46. The maximum absolute atomic E-state index is 12.0. The standard InChI is InChI=1S/C3H3F4N3/c4-3(5,6)2-9-8-1-10(2)7/h1-2,9H. The zero-order valence-electron chi connectivity index (χ0n) is 4.56. The third-order valence-electron chi connectivity index (χ3n) is 0.922. The van der Waals surface area contributed by atoms with Crippen molar-refractivity contribution < 1.29 is 17.7 Å². The summed E-state index contributed by atoms with van der Waals surface area (Å²) in [6.45, 7) is 0. The van der Waals surface area contributed by atoms with Gasteiger partial charge in [0.15, 0.2) is 0 Å². The molecule has 1 N–H and O–H groups in total. The fourth-order valence-electron chi connectivity index (χ4n) is 0.494. The van der Waals surface area contributed by atoms with E-state index in [-0.39, 0.29) is 0 Å². The molecule has 3 nitrogen and oxygen atoms in total. The van der Waals surface area contributed by atoms with Crippen LogP contribution in [-0.2, 0) is 0 Å². The monoisotopic (exact) mass is 157 g/mol. The largest absolute Gasteiger partial charge is 0.431 e. The molecule has 0 saturated heterocycles. The van der Waals surface area contributed by atoms with Gasteiger partial charge in [0.2, 0.25) is 6.17 Å². The molecule has 0 aromatic carbocycles. The van der Waals surface area contributed by atoms with Gasteiger partial charge in [-0.05, 0) is 0 Å². The van der Waals surface area contributed by atoms with Crippen molar-refractivity contribution in [1.29, 1.82) is 0 Å². The first-order valence-corrected chi connectivity index (χ1v) is 2.31. The predicted octanol–water partition coefficient (Wildman–Crippen LogP) is 0.608. The smallest absolute Gasteiger partial charge is 0.275 e. The maximum atomic E-state index is 12.0. The molecule has 1 aliphatic rings. The molecule has 0 spiro atoms. The van der Waals surface area contributed by atoms with Gasteiger partial charge in [-0.3, -0.25) is 5.43 Å². The van der Waals surface area contributed by atoms with Crippen LogP contribution in [0.4, 0.5) is 17.7 Å². The van der Waals surface area contributed by atoms with Crippen LogP contribution in [0.25, 0.3) is 0 Å². The third-order valence-corrected chi connectivity index (χ3v) is 0.922. The summed E-state index contributed by atoms with van der Waals surface area (Å²) in [5.41, 5.74) is 1.54. The molecular formula is C3H3F4N3. The third kappa shape index (κ3) is 1.12. The lowest BCUT2D eigenvalue weighted by molar-refractivity contribution is -0.201. The van der Waals surface area contributed by atoms with Gasteiger partial charge in [0.05, 0.1) is 0 Å². The number of rotatable bonds is 0. The second kappa shape index (κ2) is 1.99. The molecule has 0 aliphatic carbocycles. The molecule has 0 bridgehead atoms. The molecule has 0 aromatic rings. The summed E-state index contributed by atoms with van der Waals surface area (Å²) in [6, 6.07) is 0. The van der Waals surface area contributed by atoms with Gasteiger partial charge in [-0.1, -0.05) is 4.48 Å². The second-order valence-electron chi connectivity index (χ2n) is 1.66. The Morgan fingerprint density at radius 1 is 1.50 bits per heavy atom. The minimum Gasteiger partial charge on any atom is -0.275 e. The fraction of sp³-hybridized carbons (Fsp3) is 0.667. The van der Waals surface area contributed by atoms with E-state index >= 15 is 0 Å². The number of hydrogen-bond acceptors (Lipinski definition) is 3. The van der Waals surface area contributed by atoms with Crippen molar-refractivity contribution in [2.24, 2.45) is 5.10 Å². The summed E-state index contributed by atoms with van der Waals surface area (Å²) in [5, 5.41) is 2.33. The number of hydrogen-bond donors (Lipinski definition) is 1. The van der Waals surface area contributed by atoms with Crippen LogP contribution in [0.5, 0.6) is 0 Å². The topological polar surface area (TPSA) is 27.6 Å². The number of halogens is 4. The molecule has 1 rings (SSSR count). The molecule has 0 amide bonds. The number of alkyl halides is 3. The van der Waals surface area contributed by atoms with Crippen LogP contribution in [0.2, 0.25) is 0 Å². The Morgan fingerprint density at radius 2 is 2.10 bits per heavy atom. The van der Waals surface area contributed by atoms with E-state index in [0.717, 1.165) is 0 Å². The minimum atomic E-state index is -4.63. The van der Waals surface area contributed by atoms with Crippen LogP contribution in [0.1, 0.15) is 0 Å². The molecule has 58 valence electrons. The minimum absolute atomic E-state index is 0.429. The number of nitrogens with zero attached hydrogens (tertiary/aromatic N) is 2. The Balaban J connectivity index is 2.60. The second-order valence-corrected chi connectivity index (χ2v) is 1.66. The summed E-state index contributed by atoms with van der Waals surface area (Å²) in [5.74, 6) is 0. The lowest BCUT2D eigenvalue weighted by Gasteiger charge is -2.17. The molecule has 7 heteroatoms. The van der Waals surface area contributed by atoms with Gasteiger partial charge in [-0.2, -0.15) is 23.4 Å². The number of hydrazone groups is 1. The maximum Gasteiger partial charge on any atom is 0.431 e. The van der Waals surface area contributed by atoms with Crippen molar-refractivity contribution in [1.82, 2.24) is 10.5 Å². The van der Waals surface area contributed by atoms with Gasteiger partial charge < -0.3 is 0 Å². The lowest BCUT2D eigenvalue weighted by atomic mass is 10.5. The molecule has 1 unspecified atom stereocenters. The molecular weight excluding hydrogens is 154 g/mol. The van der Waals surface area contributed by atoms with Crippen LogP contribution in [-0.4, -0.2) is 23.8 Å². The van der Waals surface area contributed by atoms with Gasteiger partial charge in [-0.15, -0.1) is 0 Å². The summed E-state index contributed by atoms with van der Waals surface area (Å²) in [4.78, 5) is 0. The van der Waals surface area contributed by atoms with E-state index in [1.165, 1.54) is 0 Å². The van der Waals surface area contributed by atoms with Gasteiger partial charge in [-0.25, -0.2) is 0 Å². The van der Waals surface area contributed by atoms with Crippen LogP contribution in [0.3, 0.4) is 0 Å². The quantitative estimate of drug-likeness (QED) is 0.412. The van der Waals surface area contributed by atoms with Gasteiger partial charge in [0.25, 0.3) is 0 Å². The van der Waals surface area contributed by atoms with E-state index < -0.39 is 17.5 Å². The first-order valence-electron chi connectivity index (χ1n) is 2.31. The van der Waals surface area contributed by atoms with Gasteiger partial charge in [0, 0.05) is 0 Å². The summed E-state index contributed by atoms with van der Waals surface area (Å²) < 4.78 is 46.7. The molecule has 0 aromatic heterocycles. The molecule has 0 saturated carbocycles. The Hall–Kier alpha value is -1.01. The van der Waals surface area contributed by atoms with Crippen molar-refractivity contribution >= 4 is 6.34 Å². The molecule has 1 heterocycles. The van der Waals surface area contributed by atoms with E-state index in [4.69, 9.17) is 0 Å². The van der Waals surface area contributed by atoms with Crippen LogP contribution in [0.15, 0.2) is 5.10 Å². The van der Waals surface area contributed by atoms with Crippen molar-refractivity contribution in [3.63, 3.8) is 0 Å². The average Bonchev–Trinajstić information content (AvgIpc) is 2.11. The first-order chi connectivity index (χ1) is 4.52. The predicted molar refractivity (Wildman–Crippen MR) is 24.4 cm³/mol. The summed E-state index contributed by atoms with van der Waals surface area (Å²) in [6.07, 6.45) is -6.53. The van der Waals surface area contributed by atoms with Crippen LogP contribution >= 0.6 is 0 Å². The number of nitrogens with one attached hydrogen (secondary N) is 1. The molecule has 1 atom stereocenters. The molecule has 0 fully saturated rings. The molecule has 0 radical (unpaired) electrons. The van der Waals surface area contributed by atoms with E-state index in [1.807, 2.05) is 0 Å². The van der Waals surface area contributed by atoms with Crippen LogP contribution in [0, 0.1) is 0 Å². The molecule has 1 aliphatic heterocycles. The van der Waals surface area contributed by atoms with Crippen molar-refractivity contribution in [3.05, 3.63) is 0 Å². The Bertz CT molecular complexity index is 152. The zero-order chi connectivity index (χ0) is 7.78.